The van der Waals surface area contributed by atoms with Crippen molar-refractivity contribution in [2.45, 2.75) is 25.3 Å². The highest BCUT2D eigenvalue weighted by Crippen LogP contribution is 2.34. The van der Waals surface area contributed by atoms with E-state index in [1.807, 2.05) is 6.08 Å². The van der Waals surface area contributed by atoms with E-state index in [0.29, 0.717) is 19.3 Å². The molecule has 104 valence electrons. The average molecular weight is 267 g/mol. The smallest absolute Gasteiger partial charge is 0.309 e. The van der Waals surface area contributed by atoms with E-state index in [2.05, 4.69) is 5.32 Å². The highest BCUT2D eigenvalue weighted by molar-refractivity contribution is 5.85. The number of esters is 2. The molecule has 1 aliphatic carbocycles. The quantitative estimate of drug-likeness (QED) is 0.448. The molecule has 1 amide bonds. The van der Waals surface area contributed by atoms with Crippen LogP contribution in [0.1, 0.15) is 19.3 Å². The maximum atomic E-state index is 11.8. The fourth-order valence-electron chi connectivity index (χ4n) is 2.60. The molecule has 1 heterocycles. The molecule has 2 aliphatic rings. The fourth-order valence-corrected chi connectivity index (χ4v) is 2.60. The van der Waals surface area contributed by atoms with E-state index in [0.717, 1.165) is 5.57 Å². The fraction of sp³-hybridized carbons (Fsp3) is 0.615. The highest BCUT2D eigenvalue weighted by atomic mass is 16.5. The second-order valence-electron chi connectivity index (χ2n) is 4.80. The second kappa shape index (κ2) is 5.42. The van der Waals surface area contributed by atoms with Crippen LogP contribution in [0.3, 0.4) is 0 Å². The molecule has 1 fully saturated rings. The van der Waals surface area contributed by atoms with Gasteiger partial charge in [-0.3, -0.25) is 14.4 Å². The van der Waals surface area contributed by atoms with Gasteiger partial charge in [-0.1, -0.05) is 11.6 Å². The standard InChI is InChI=1S/C13H17NO5/c1-18-12(16)8-4-3-7(10-6-11(15)14-10)5-9(8)13(17)19-2/h3,8-10H,4-6H2,1-2H3,(H,14,15). The monoisotopic (exact) mass is 267 g/mol. The second-order valence-corrected chi connectivity index (χ2v) is 4.80. The molecule has 0 spiro atoms. The number of methoxy groups -OCH3 is 2. The minimum atomic E-state index is -0.532. The molecule has 1 N–H and O–H groups in total. The number of carbonyl (C=O) groups excluding carboxylic acids is 3. The van der Waals surface area contributed by atoms with Crippen LogP contribution in [0, 0.1) is 11.8 Å². The zero-order valence-corrected chi connectivity index (χ0v) is 11.0. The van der Waals surface area contributed by atoms with Crippen LogP contribution in [0.4, 0.5) is 0 Å². The third kappa shape index (κ3) is 2.62. The van der Waals surface area contributed by atoms with E-state index >= 15 is 0 Å². The number of rotatable bonds is 3. The SMILES string of the molecule is COC(=O)C1CC=C(C2CC(=O)N2)CC1C(=O)OC. The average Bonchev–Trinajstić information content (AvgIpc) is 2.41. The lowest BCUT2D eigenvalue weighted by Crippen LogP contribution is -2.51. The van der Waals surface area contributed by atoms with Gasteiger partial charge in [0.15, 0.2) is 0 Å². The predicted molar refractivity (Wildman–Crippen MR) is 64.9 cm³/mol. The molecule has 0 aromatic rings. The van der Waals surface area contributed by atoms with Gasteiger partial charge >= 0.3 is 11.9 Å². The maximum Gasteiger partial charge on any atom is 0.309 e. The van der Waals surface area contributed by atoms with Gasteiger partial charge in [0, 0.05) is 0 Å². The van der Waals surface area contributed by atoms with E-state index in [1.54, 1.807) is 0 Å². The van der Waals surface area contributed by atoms with Crippen molar-refractivity contribution in [1.82, 2.24) is 5.32 Å². The Kier molecular flexibility index (Phi) is 3.87. The molecule has 1 aliphatic heterocycles. The summed E-state index contributed by atoms with van der Waals surface area (Å²) < 4.78 is 9.48. The Morgan fingerprint density at radius 1 is 1.16 bits per heavy atom. The third-order valence-corrected chi connectivity index (χ3v) is 3.76. The molecule has 0 aromatic heterocycles. The zero-order chi connectivity index (χ0) is 14.0. The van der Waals surface area contributed by atoms with Gasteiger partial charge in [-0.25, -0.2) is 0 Å². The van der Waals surface area contributed by atoms with Gasteiger partial charge < -0.3 is 14.8 Å². The van der Waals surface area contributed by atoms with Crippen molar-refractivity contribution in [2.75, 3.05) is 14.2 Å². The van der Waals surface area contributed by atoms with E-state index < -0.39 is 23.8 Å². The van der Waals surface area contributed by atoms with Crippen LogP contribution in [0.15, 0.2) is 11.6 Å². The first-order valence-corrected chi connectivity index (χ1v) is 6.20. The summed E-state index contributed by atoms with van der Waals surface area (Å²) in [5.74, 6) is -1.84. The number of amides is 1. The van der Waals surface area contributed by atoms with Crippen LogP contribution < -0.4 is 5.32 Å². The minimum absolute atomic E-state index is 0.00162. The summed E-state index contributed by atoms with van der Waals surface area (Å²) in [4.78, 5) is 34.4. The van der Waals surface area contributed by atoms with Crippen molar-refractivity contribution in [3.8, 4) is 0 Å². The van der Waals surface area contributed by atoms with Crippen molar-refractivity contribution in [1.29, 1.82) is 0 Å². The van der Waals surface area contributed by atoms with E-state index in [-0.39, 0.29) is 11.9 Å². The van der Waals surface area contributed by atoms with Crippen molar-refractivity contribution < 1.29 is 23.9 Å². The summed E-state index contributed by atoms with van der Waals surface area (Å²) in [5, 5.41) is 2.77. The number of ether oxygens (including phenoxy) is 2. The first-order valence-electron chi connectivity index (χ1n) is 6.20. The van der Waals surface area contributed by atoms with Crippen LogP contribution in [0.5, 0.6) is 0 Å². The first kappa shape index (κ1) is 13.6. The van der Waals surface area contributed by atoms with Crippen LogP contribution in [-0.4, -0.2) is 38.1 Å². The topological polar surface area (TPSA) is 81.7 Å². The van der Waals surface area contributed by atoms with Crippen LogP contribution in [0.2, 0.25) is 0 Å². The van der Waals surface area contributed by atoms with E-state index in [9.17, 15) is 14.4 Å². The van der Waals surface area contributed by atoms with Gasteiger partial charge in [-0.15, -0.1) is 0 Å². The minimum Gasteiger partial charge on any atom is -0.469 e. The molecule has 1 saturated heterocycles. The third-order valence-electron chi connectivity index (χ3n) is 3.76. The molecule has 0 saturated carbocycles. The Morgan fingerprint density at radius 2 is 1.74 bits per heavy atom. The summed E-state index contributed by atoms with van der Waals surface area (Å²) >= 11 is 0. The van der Waals surface area contributed by atoms with Crippen molar-refractivity contribution >= 4 is 17.8 Å². The molecule has 2 rings (SSSR count). The highest BCUT2D eigenvalue weighted by Gasteiger charge is 2.41. The molecule has 6 heteroatoms. The van der Waals surface area contributed by atoms with Crippen molar-refractivity contribution in [3.63, 3.8) is 0 Å². The number of hydrogen-bond donors (Lipinski definition) is 1. The molecule has 6 nitrogen and oxygen atoms in total. The molecule has 0 aromatic carbocycles. The Hall–Kier alpha value is -1.85. The van der Waals surface area contributed by atoms with Crippen LogP contribution in [-0.2, 0) is 23.9 Å². The summed E-state index contributed by atoms with van der Waals surface area (Å²) in [5.41, 5.74) is 0.996. The number of carbonyl (C=O) groups is 3. The van der Waals surface area contributed by atoms with Gasteiger partial charge in [0.1, 0.15) is 0 Å². The summed E-state index contributed by atoms with van der Waals surface area (Å²) in [6.45, 7) is 0. The van der Waals surface area contributed by atoms with Gasteiger partial charge in [-0.2, -0.15) is 0 Å². The lowest BCUT2D eigenvalue weighted by molar-refractivity contribution is -0.157. The normalized spacial score (nSPS) is 29.7. The van der Waals surface area contributed by atoms with Crippen LogP contribution in [0.25, 0.3) is 0 Å². The Labute approximate surface area is 111 Å². The Balaban J connectivity index is 2.12. The Morgan fingerprint density at radius 3 is 2.26 bits per heavy atom. The molecule has 3 atom stereocenters. The van der Waals surface area contributed by atoms with Gasteiger partial charge in [-0.05, 0) is 12.8 Å². The van der Waals surface area contributed by atoms with E-state index in [1.165, 1.54) is 14.2 Å². The van der Waals surface area contributed by atoms with E-state index in [4.69, 9.17) is 9.47 Å². The van der Waals surface area contributed by atoms with Gasteiger partial charge in [0.25, 0.3) is 0 Å². The zero-order valence-electron chi connectivity index (χ0n) is 11.0. The maximum absolute atomic E-state index is 11.8. The number of hydrogen-bond acceptors (Lipinski definition) is 5. The lowest BCUT2D eigenvalue weighted by Gasteiger charge is -2.35. The number of β-lactam (4-membered cyclic amide) rings is 1. The predicted octanol–water partition coefficient (Wildman–Crippen LogP) is 0.173. The number of nitrogens with one attached hydrogen (secondary N) is 1. The molecule has 0 radical (unpaired) electrons. The molecular weight excluding hydrogens is 250 g/mol. The lowest BCUT2D eigenvalue weighted by atomic mass is 9.76. The van der Waals surface area contributed by atoms with Crippen molar-refractivity contribution in [3.05, 3.63) is 11.6 Å². The number of allylic oxidation sites excluding steroid dienone is 1. The van der Waals surface area contributed by atoms with Gasteiger partial charge in [0.05, 0.1) is 38.5 Å². The first-order chi connectivity index (χ1) is 9.06. The Bertz CT molecular complexity index is 434. The van der Waals surface area contributed by atoms with Gasteiger partial charge in [0.2, 0.25) is 5.91 Å². The summed E-state index contributed by atoms with van der Waals surface area (Å²) in [7, 11) is 2.61. The molecule has 19 heavy (non-hydrogen) atoms. The molecular formula is C13H17NO5. The molecule has 0 bridgehead atoms. The summed E-state index contributed by atoms with van der Waals surface area (Å²) in [6.07, 6.45) is 3.24. The van der Waals surface area contributed by atoms with Crippen LogP contribution >= 0.6 is 0 Å². The summed E-state index contributed by atoms with van der Waals surface area (Å²) in [6, 6.07) is -0.00162. The van der Waals surface area contributed by atoms with Crippen molar-refractivity contribution in [2.24, 2.45) is 11.8 Å². The molecule has 3 unspecified atom stereocenters. The largest absolute Gasteiger partial charge is 0.469 e.